The maximum atomic E-state index is 12.9. The van der Waals surface area contributed by atoms with Gasteiger partial charge in [-0.05, 0) is 25.1 Å². The maximum absolute atomic E-state index is 12.9. The lowest BCUT2D eigenvalue weighted by atomic mass is 9.91. The molecule has 0 N–H and O–H groups in total. The summed E-state index contributed by atoms with van der Waals surface area (Å²) in [6, 6.07) is 3.72. The van der Waals surface area contributed by atoms with Gasteiger partial charge < -0.3 is 9.53 Å². The first-order chi connectivity index (χ1) is 7.13. The maximum Gasteiger partial charge on any atom is 0.180 e. The number of Topliss-reactive ketones (excluding diaryl/α,β-unsaturated/α-hetero) is 1. The molecular weight excluding hydrogens is 199 g/mol. The van der Waals surface area contributed by atoms with Crippen LogP contribution in [0.3, 0.4) is 0 Å². The average molecular weight is 208 g/mol. The van der Waals surface area contributed by atoms with Crippen LogP contribution in [-0.2, 0) is 4.79 Å². The highest BCUT2D eigenvalue weighted by molar-refractivity contribution is 6.08. The molecule has 0 saturated heterocycles. The lowest BCUT2D eigenvalue weighted by Crippen LogP contribution is -2.36. The third kappa shape index (κ3) is 1.52. The molecule has 0 spiro atoms. The molecular formula is C11H9FO3. The average Bonchev–Trinajstić information content (AvgIpc) is 2.20. The van der Waals surface area contributed by atoms with E-state index in [-0.39, 0.29) is 11.3 Å². The van der Waals surface area contributed by atoms with E-state index in [0.717, 1.165) is 6.07 Å². The molecule has 0 aliphatic carbocycles. The fraction of sp³-hybridized carbons (Fsp3) is 0.273. The Morgan fingerprint density at radius 3 is 2.87 bits per heavy atom. The second-order valence-corrected chi connectivity index (χ2v) is 3.49. The molecule has 1 heterocycles. The molecule has 0 aromatic heterocycles. The van der Waals surface area contributed by atoms with Crippen molar-refractivity contribution in [3.8, 4) is 5.75 Å². The Kier molecular flexibility index (Phi) is 2.26. The monoisotopic (exact) mass is 208 g/mol. The minimum atomic E-state index is -0.834. The van der Waals surface area contributed by atoms with Crippen molar-refractivity contribution in [3.63, 3.8) is 0 Å². The zero-order chi connectivity index (χ0) is 11.0. The van der Waals surface area contributed by atoms with Crippen molar-refractivity contribution < 1.29 is 18.7 Å². The highest BCUT2D eigenvalue weighted by Crippen LogP contribution is 2.30. The van der Waals surface area contributed by atoms with Crippen molar-refractivity contribution >= 4 is 12.1 Å². The Hall–Kier alpha value is -1.71. The van der Waals surface area contributed by atoms with Crippen molar-refractivity contribution in [1.82, 2.24) is 0 Å². The third-order valence-electron chi connectivity index (χ3n) is 2.48. The topological polar surface area (TPSA) is 43.4 Å². The molecule has 3 nitrogen and oxygen atoms in total. The number of halogens is 1. The van der Waals surface area contributed by atoms with E-state index in [1.54, 1.807) is 6.92 Å². The number of carbonyl (C=O) groups is 2. The van der Waals surface area contributed by atoms with Crippen molar-refractivity contribution in [2.24, 2.45) is 5.92 Å². The van der Waals surface area contributed by atoms with Gasteiger partial charge in [0, 0.05) is 0 Å². The Labute approximate surface area is 85.9 Å². The third-order valence-corrected chi connectivity index (χ3v) is 2.48. The summed E-state index contributed by atoms with van der Waals surface area (Å²) in [6.07, 6.45) is 0.0499. The van der Waals surface area contributed by atoms with Crippen LogP contribution in [0.25, 0.3) is 0 Å². The van der Waals surface area contributed by atoms with Crippen molar-refractivity contribution in [2.75, 3.05) is 0 Å². The van der Waals surface area contributed by atoms with E-state index >= 15 is 0 Å². The lowest BCUT2D eigenvalue weighted by molar-refractivity contribution is -0.112. The molecule has 0 fully saturated rings. The van der Waals surface area contributed by atoms with Crippen LogP contribution in [0.5, 0.6) is 5.75 Å². The second kappa shape index (κ2) is 3.46. The summed E-state index contributed by atoms with van der Waals surface area (Å²) in [6.45, 7) is 1.64. The van der Waals surface area contributed by atoms with E-state index in [2.05, 4.69) is 0 Å². The number of rotatable bonds is 1. The number of hydrogen-bond acceptors (Lipinski definition) is 3. The first-order valence-corrected chi connectivity index (χ1v) is 4.59. The summed E-state index contributed by atoms with van der Waals surface area (Å²) in [5.74, 6) is -1.38. The molecule has 15 heavy (non-hydrogen) atoms. The van der Waals surface area contributed by atoms with Crippen LogP contribution in [0.1, 0.15) is 17.3 Å². The molecule has 1 aliphatic heterocycles. The number of fused-ring (bicyclic) bond motifs is 1. The van der Waals surface area contributed by atoms with E-state index in [1.165, 1.54) is 12.1 Å². The predicted molar refractivity (Wildman–Crippen MR) is 50.4 cm³/mol. The van der Waals surface area contributed by atoms with Crippen molar-refractivity contribution in [2.45, 2.75) is 13.0 Å². The number of benzene rings is 1. The highest BCUT2D eigenvalue weighted by Gasteiger charge is 2.34. The van der Waals surface area contributed by atoms with E-state index in [1.807, 2.05) is 0 Å². The van der Waals surface area contributed by atoms with Crippen LogP contribution < -0.4 is 4.74 Å². The SMILES string of the molecule is CC1Oc2ccc(F)cc2C(=O)C1C=O. The first-order valence-electron chi connectivity index (χ1n) is 4.59. The van der Waals surface area contributed by atoms with Gasteiger partial charge in [0.2, 0.25) is 0 Å². The Morgan fingerprint density at radius 2 is 2.20 bits per heavy atom. The Balaban J connectivity index is 2.51. The summed E-state index contributed by atoms with van der Waals surface area (Å²) < 4.78 is 18.2. The normalized spacial score (nSPS) is 24.3. The molecule has 1 aromatic carbocycles. The standard InChI is InChI=1S/C11H9FO3/c1-6-9(5-13)11(14)8-4-7(12)2-3-10(8)15-6/h2-6,9H,1H3. The molecule has 0 saturated carbocycles. The van der Waals surface area contributed by atoms with Crippen LogP contribution in [0.2, 0.25) is 0 Å². The van der Waals surface area contributed by atoms with Crippen LogP contribution in [-0.4, -0.2) is 18.2 Å². The summed E-state index contributed by atoms with van der Waals surface area (Å²) in [5.41, 5.74) is 0.144. The quantitative estimate of drug-likeness (QED) is 0.520. The van der Waals surface area contributed by atoms with Gasteiger partial charge in [-0.1, -0.05) is 0 Å². The van der Waals surface area contributed by atoms with Gasteiger partial charge >= 0.3 is 0 Å². The second-order valence-electron chi connectivity index (χ2n) is 3.49. The van der Waals surface area contributed by atoms with E-state index < -0.39 is 17.8 Å². The van der Waals surface area contributed by atoms with E-state index in [9.17, 15) is 14.0 Å². The van der Waals surface area contributed by atoms with E-state index in [0.29, 0.717) is 12.0 Å². The minimum absolute atomic E-state index is 0.144. The molecule has 0 amide bonds. The minimum Gasteiger partial charge on any atom is -0.489 e. The Bertz CT molecular complexity index is 428. The van der Waals surface area contributed by atoms with Crippen LogP contribution in [0, 0.1) is 11.7 Å². The molecule has 78 valence electrons. The predicted octanol–water partition coefficient (Wildman–Crippen LogP) is 1.60. The number of ether oxygens (including phenoxy) is 1. The van der Waals surface area contributed by atoms with Crippen LogP contribution in [0.15, 0.2) is 18.2 Å². The van der Waals surface area contributed by atoms with Crippen LogP contribution in [0.4, 0.5) is 4.39 Å². The summed E-state index contributed by atoms with van der Waals surface area (Å²) in [5, 5.41) is 0. The molecule has 0 bridgehead atoms. The highest BCUT2D eigenvalue weighted by atomic mass is 19.1. The summed E-state index contributed by atoms with van der Waals surface area (Å²) in [7, 11) is 0. The number of hydrogen-bond donors (Lipinski definition) is 0. The van der Waals surface area contributed by atoms with Gasteiger partial charge in [-0.3, -0.25) is 4.79 Å². The van der Waals surface area contributed by atoms with Gasteiger partial charge in [-0.25, -0.2) is 4.39 Å². The lowest BCUT2D eigenvalue weighted by Gasteiger charge is -2.26. The van der Waals surface area contributed by atoms with Gasteiger partial charge in [0.15, 0.2) is 5.78 Å². The van der Waals surface area contributed by atoms with Crippen LogP contribution >= 0.6 is 0 Å². The largest absolute Gasteiger partial charge is 0.489 e. The summed E-state index contributed by atoms with van der Waals surface area (Å²) in [4.78, 5) is 22.4. The molecule has 1 aliphatic rings. The molecule has 2 unspecified atom stereocenters. The Morgan fingerprint density at radius 1 is 1.47 bits per heavy atom. The van der Waals surface area contributed by atoms with Gasteiger partial charge in [0.05, 0.1) is 5.56 Å². The number of aldehydes is 1. The first kappa shape index (κ1) is 9.83. The zero-order valence-corrected chi connectivity index (χ0v) is 8.07. The molecule has 1 aromatic rings. The van der Waals surface area contributed by atoms with Gasteiger partial charge in [0.1, 0.15) is 29.9 Å². The van der Waals surface area contributed by atoms with E-state index in [4.69, 9.17) is 4.74 Å². The fourth-order valence-electron chi connectivity index (χ4n) is 1.64. The molecule has 4 heteroatoms. The van der Waals surface area contributed by atoms with Crippen molar-refractivity contribution in [1.29, 1.82) is 0 Å². The van der Waals surface area contributed by atoms with Crippen molar-refractivity contribution in [3.05, 3.63) is 29.6 Å². The number of carbonyl (C=O) groups excluding carboxylic acids is 2. The zero-order valence-electron chi connectivity index (χ0n) is 8.07. The van der Waals surface area contributed by atoms with Gasteiger partial charge in [0.25, 0.3) is 0 Å². The smallest absolute Gasteiger partial charge is 0.180 e. The molecule has 0 radical (unpaired) electrons. The summed E-state index contributed by atoms with van der Waals surface area (Å²) >= 11 is 0. The number of ketones is 1. The molecule has 2 atom stereocenters. The molecule has 2 rings (SSSR count). The fourth-order valence-corrected chi connectivity index (χ4v) is 1.64. The van der Waals surface area contributed by atoms with Gasteiger partial charge in [-0.15, -0.1) is 0 Å². The van der Waals surface area contributed by atoms with Gasteiger partial charge in [-0.2, -0.15) is 0 Å².